The molecule has 1 heterocycles. The summed E-state index contributed by atoms with van der Waals surface area (Å²) in [6.07, 6.45) is 1.54. The Morgan fingerprint density at radius 2 is 2.14 bits per heavy atom. The summed E-state index contributed by atoms with van der Waals surface area (Å²) >= 11 is 0. The number of benzene rings is 1. The molecule has 1 aliphatic heterocycles. The van der Waals surface area contributed by atoms with Gasteiger partial charge in [0.25, 0.3) is 0 Å². The topological polar surface area (TPSA) is 73.6 Å². The molecule has 0 spiro atoms. The van der Waals surface area contributed by atoms with Crippen LogP contribution in [0.15, 0.2) is 18.2 Å². The van der Waals surface area contributed by atoms with E-state index in [2.05, 4.69) is 5.32 Å². The van der Waals surface area contributed by atoms with Gasteiger partial charge in [0.05, 0.1) is 24.8 Å². The summed E-state index contributed by atoms with van der Waals surface area (Å²) in [5.41, 5.74) is 6.37. The van der Waals surface area contributed by atoms with Crippen LogP contribution in [0.1, 0.15) is 31.4 Å². The third-order valence-corrected chi connectivity index (χ3v) is 4.10. The van der Waals surface area contributed by atoms with Crippen molar-refractivity contribution in [3.63, 3.8) is 0 Å². The Bertz CT molecular complexity index is 518. The van der Waals surface area contributed by atoms with Gasteiger partial charge in [0.1, 0.15) is 11.6 Å². The minimum Gasteiger partial charge on any atom is -0.496 e. The molecule has 3 N–H and O–H groups in total. The quantitative estimate of drug-likeness (QED) is 0.869. The van der Waals surface area contributed by atoms with Gasteiger partial charge >= 0.3 is 0 Å². The molecule has 122 valence electrons. The maximum absolute atomic E-state index is 14.0. The SMILES string of the molecule is COc1cccc(F)c1C(C)NC(=O)C(N)C1CCOCC1. The van der Waals surface area contributed by atoms with Crippen molar-refractivity contribution >= 4 is 5.91 Å². The van der Waals surface area contributed by atoms with Crippen LogP contribution in [-0.4, -0.2) is 32.3 Å². The number of carbonyl (C=O) groups is 1. The normalized spacial score (nSPS) is 18.5. The molecule has 1 fully saturated rings. The molecule has 5 nitrogen and oxygen atoms in total. The van der Waals surface area contributed by atoms with Gasteiger partial charge in [-0.15, -0.1) is 0 Å². The van der Waals surface area contributed by atoms with Gasteiger partial charge in [-0.2, -0.15) is 0 Å². The van der Waals surface area contributed by atoms with Crippen LogP contribution in [0, 0.1) is 11.7 Å². The zero-order chi connectivity index (χ0) is 16.1. The average molecular weight is 310 g/mol. The molecule has 1 aromatic rings. The lowest BCUT2D eigenvalue weighted by atomic mass is 9.91. The number of nitrogens with one attached hydrogen (secondary N) is 1. The minimum atomic E-state index is -0.607. The lowest BCUT2D eigenvalue weighted by Crippen LogP contribution is -2.47. The molecule has 0 aromatic heterocycles. The van der Waals surface area contributed by atoms with Crippen molar-refractivity contribution in [1.29, 1.82) is 0 Å². The Labute approximate surface area is 130 Å². The molecule has 0 saturated carbocycles. The maximum atomic E-state index is 14.0. The van der Waals surface area contributed by atoms with Gasteiger partial charge in [0.15, 0.2) is 0 Å². The van der Waals surface area contributed by atoms with Crippen molar-refractivity contribution in [1.82, 2.24) is 5.32 Å². The average Bonchev–Trinajstić information content (AvgIpc) is 2.54. The smallest absolute Gasteiger partial charge is 0.237 e. The second kappa shape index (κ2) is 7.56. The van der Waals surface area contributed by atoms with E-state index in [1.165, 1.54) is 13.2 Å². The lowest BCUT2D eigenvalue weighted by molar-refractivity contribution is -0.125. The number of nitrogens with two attached hydrogens (primary N) is 1. The summed E-state index contributed by atoms with van der Waals surface area (Å²) < 4.78 is 24.5. The minimum absolute atomic E-state index is 0.100. The fourth-order valence-electron chi connectivity index (χ4n) is 2.79. The Morgan fingerprint density at radius 3 is 2.77 bits per heavy atom. The summed E-state index contributed by atoms with van der Waals surface area (Å²) in [5.74, 6) is -0.174. The third kappa shape index (κ3) is 3.75. The van der Waals surface area contributed by atoms with Crippen molar-refractivity contribution in [2.24, 2.45) is 11.7 Å². The lowest BCUT2D eigenvalue weighted by Gasteiger charge is -2.28. The van der Waals surface area contributed by atoms with E-state index in [-0.39, 0.29) is 11.8 Å². The van der Waals surface area contributed by atoms with Gasteiger partial charge < -0.3 is 20.5 Å². The Kier molecular flexibility index (Phi) is 5.74. The number of halogens is 1. The van der Waals surface area contributed by atoms with Crippen molar-refractivity contribution in [2.75, 3.05) is 20.3 Å². The molecule has 0 bridgehead atoms. The number of carbonyl (C=O) groups excluding carboxylic acids is 1. The zero-order valence-corrected chi connectivity index (χ0v) is 13.0. The highest BCUT2D eigenvalue weighted by Crippen LogP contribution is 2.28. The van der Waals surface area contributed by atoms with Crippen LogP contribution in [0.3, 0.4) is 0 Å². The molecule has 1 aliphatic rings. The zero-order valence-electron chi connectivity index (χ0n) is 13.0. The van der Waals surface area contributed by atoms with E-state index in [0.29, 0.717) is 24.5 Å². The van der Waals surface area contributed by atoms with E-state index in [1.807, 2.05) is 0 Å². The van der Waals surface area contributed by atoms with E-state index in [4.69, 9.17) is 15.2 Å². The molecule has 2 atom stereocenters. The van der Waals surface area contributed by atoms with Crippen LogP contribution in [0.4, 0.5) is 4.39 Å². The first kappa shape index (κ1) is 16.7. The molecule has 1 amide bonds. The molecular weight excluding hydrogens is 287 g/mol. The Balaban J connectivity index is 2.04. The highest BCUT2D eigenvalue weighted by molar-refractivity contribution is 5.82. The number of methoxy groups -OCH3 is 1. The predicted molar refractivity (Wildman–Crippen MR) is 81.0 cm³/mol. The van der Waals surface area contributed by atoms with Crippen molar-refractivity contribution in [3.8, 4) is 5.75 Å². The molecule has 6 heteroatoms. The number of rotatable bonds is 5. The molecular formula is C16H23FN2O3. The van der Waals surface area contributed by atoms with Crippen LogP contribution >= 0.6 is 0 Å². The fraction of sp³-hybridized carbons (Fsp3) is 0.562. The van der Waals surface area contributed by atoms with Gasteiger partial charge in [-0.3, -0.25) is 4.79 Å². The Morgan fingerprint density at radius 1 is 1.45 bits per heavy atom. The standard InChI is InChI=1S/C16H23FN2O3/c1-10(14-12(17)4-3-5-13(14)21-2)19-16(20)15(18)11-6-8-22-9-7-11/h3-5,10-11,15H,6-9,18H2,1-2H3,(H,19,20). The van der Waals surface area contributed by atoms with Gasteiger partial charge in [-0.05, 0) is 37.8 Å². The molecule has 2 rings (SSSR count). The summed E-state index contributed by atoms with van der Waals surface area (Å²) in [6.45, 7) is 2.97. The molecule has 0 radical (unpaired) electrons. The highest BCUT2D eigenvalue weighted by Gasteiger charge is 2.28. The highest BCUT2D eigenvalue weighted by atomic mass is 19.1. The first-order chi connectivity index (χ1) is 10.5. The number of amides is 1. The molecule has 22 heavy (non-hydrogen) atoms. The second-order valence-corrected chi connectivity index (χ2v) is 5.56. The van der Waals surface area contributed by atoms with Crippen LogP contribution in [0.25, 0.3) is 0 Å². The third-order valence-electron chi connectivity index (χ3n) is 4.10. The van der Waals surface area contributed by atoms with Crippen LogP contribution in [-0.2, 0) is 9.53 Å². The van der Waals surface area contributed by atoms with E-state index in [1.54, 1.807) is 19.1 Å². The maximum Gasteiger partial charge on any atom is 0.237 e. The van der Waals surface area contributed by atoms with E-state index < -0.39 is 17.9 Å². The second-order valence-electron chi connectivity index (χ2n) is 5.56. The van der Waals surface area contributed by atoms with E-state index in [0.717, 1.165) is 12.8 Å². The predicted octanol–water partition coefficient (Wildman–Crippen LogP) is 1.77. The molecule has 0 aliphatic carbocycles. The number of hydrogen-bond acceptors (Lipinski definition) is 4. The molecule has 1 saturated heterocycles. The fourth-order valence-corrected chi connectivity index (χ4v) is 2.79. The van der Waals surface area contributed by atoms with Gasteiger partial charge in [0.2, 0.25) is 5.91 Å². The van der Waals surface area contributed by atoms with E-state index >= 15 is 0 Å². The van der Waals surface area contributed by atoms with Crippen molar-refractivity contribution < 1.29 is 18.7 Å². The monoisotopic (exact) mass is 310 g/mol. The van der Waals surface area contributed by atoms with Crippen LogP contribution in [0.2, 0.25) is 0 Å². The van der Waals surface area contributed by atoms with Crippen LogP contribution < -0.4 is 15.8 Å². The van der Waals surface area contributed by atoms with Gasteiger partial charge in [-0.25, -0.2) is 4.39 Å². The summed E-state index contributed by atoms with van der Waals surface area (Å²) in [4.78, 5) is 12.3. The van der Waals surface area contributed by atoms with Crippen LogP contribution in [0.5, 0.6) is 5.75 Å². The largest absolute Gasteiger partial charge is 0.496 e. The summed E-state index contributed by atoms with van der Waals surface area (Å²) in [6, 6.07) is 3.46. The van der Waals surface area contributed by atoms with E-state index in [9.17, 15) is 9.18 Å². The van der Waals surface area contributed by atoms with Crippen molar-refractivity contribution in [2.45, 2.75) is 31.8 Å². The van der Waals surface area contributed by atoms with Gasteiger partial charge in [-0.1, -0.05) is 6.07 Å². The molecule has 2 unspecified atom stereocenters. The summed E-state index contributed by atoms with van der Waals surface area (Å²) in [7, 11) is 1.47. The number of ether oxygens (including phenoxy) is 2. The summed E-state index contributed by atoms with van der Waals surface area (Å²) in [5, 5.41) is 2.78. The Hall–Kier alpha value is -1.66. The van der Waals surface area contributed by atoms with Crippen molar-refractivity contribution in [3.05, 3.63) is 29.6 Å². The first-order valence-electron chi connectivity index (χ1n) is 7.50. The van der Waals surface area contributed by atoms with Gasteiger partial charge in [0, 0.05) is 13.2 Å². The first-order valence-corrected chi connectivity index (χ1v) is 7.50. The molecule has 1 aromatic carbocycles. The number of hydrogen-bond donors (Lipinski definition) is 2.